The van der Waals surface area contributed by atoms with Crippen LogP contribution >= 0.6 is 11.3 Å². The standard InChI is InChI=1S/C16H19N3OS/c1-3-11(2)14-15(20)18-13-7-5-4-6-12(13)10-19(14)16-17-8-9-21-16/h4-9,11,14H,3,10H2,1-2H3,(H,18,20)/t11-,14-/m0/s1. The third kappa shape index (κ3) is 2.65. The monoisotopic (exact) mass is 301 g/mol. The summed E-state index contributed by atoms with van der Waals surface area (Å²) in [6.07, 6.45) is 2.75. The van der Waals surface area contributed by atoms with Crippen LogP contribution in [0.2, 0.25) is 0 Å². The van der Waals surface area contributed by atoms with Crippen molar-refractivity contribution >= 4 is 28.1 Å². The Labute approximate surface area is 128 Å². The molecule has 1 N–H and O–H groups in total. The van der Waals surface area contributed by atoms with Crippen LogP contribution in [0.15, 0.2) is 35.8 Å². The van der Waals surface area contributed by atoms with E-state index < -0.39 is 0 Å². The second kappa shape index (κ2) is 5.85. The molecule has 0 aliphatic carbocycles. The molecular weight excluding hydrogens is 282 g/mol. The quantitative estimate of drug-likeness (QED) is 0.943. The summed E-state index contributed by atoms with van der Waals surface area (Å²) in [5.74, 6) is 0.327. The summed E-state index contributed by atoms with van der Waals surface area (Å²) in [5.41, 5.74) is 2.04. The highest BCUT2D eigenvalue weighted by Gasteiger charge is 2.34. The van der Waals surface area contributed by atoms with Gasteiger partial charge in [-0.1, -0.05) is 38.5 Å². The molecule has 1 aromatic heterocycles. The zero-order chi connectivity index (χ0) is 14.8. The third-order valence-corrected chi connectivity index (χ3v) is 4.88. The van der Waals surface area contributed by atoms with E-state index in [1.165, 1.54) is 0 Å². The summed E-state index contributed by atoms with van der Waals surface area (Å²) in [4.78, 5) is 19.3. The summed E-state index contributed by atoms with van der Waals surface area (Å²) in [7, 11) is 0. The van der Waals surface area contributed by atoms with Crippen LogP contribution in [0, 0.1) is 5.92 Å². The molecule has 21 heavy (non-hydrogen) atoms. The second-order valence-electron chi connectivity index (χ2n) is 5.42. The molecule has 1 amide bonds. The molecule has 0 spiro atoms. The predicted molar refractivity (Wildman–Crippen MR) is 86.6 cm³/mol. The summed E-state index contributed by atoms with van der Waals surface area (Å²) in [6.45, 7) is 4.95. The van der Waals surface area contributed by atoms with Gasteiger partial charge in [-0.05, 0) is 17.5 Å². The normalized spacial score (nSPS) is 19.6. The molecule has 4 nitrogen and oxygen atoms in total. The number of carbonyl (C=O) groups excluding carboxylic acids is 1. The zero-order valence-corrected chi connectivity index (χ0v) is 13.1. The number of amides is 1. The molecule has 0 bridgehead atoms. The minimum Gasteiger partial charge on any atom is -0.331 e. The summed E-state index contributed by atoms with van der Waals surface area (Å²) >= 11 is 1.58. The number of para-hydroxylation sites is 1. The highest BCUT2D eigenvalue weighted by molar-refractivity contribution is 7.13. The molecule has 0 saturated heterocycles. The van der Waals surface area contributed by atoms with Crippen molar-refractivity contribution < 1.29 is 4.79 Å². The molecule has 0 fully saturated rings. The van der Waals surface area contributed by atoms with Gasteiger partial charge in [-0.15, -0.1) is 11.3 Å². The van der Waals surface area contributed by atoms with Gasteiger partial charge < -0.3 is 10.2 Å². The lowest BCUT2D eigenvalue weighted by atomic mass is 9.97. The van der Waals surface area contributed by atoms with Crippen LogP contribution in [-0.2, 0) is 11.3 Å². The summed E-state index contributed by atoms with van der Waals surface area (Å²) in [6, 6.07) is 7.81. The van der Waals surface area contributed by atoms with Gasteiger partial charge in [0.2, 0.25) is 5.91 Å². The number of nitrogens with one attached hydrogen (secondary N) is 1. The predicted octanol–water partition coefficient (Wildman–Crippen LogP) is 3.52. The van der Waals surface area contributed by atoms with Gasteiger partial charge in [-0.25, -0.2) is 4.98 Å². The fraction of sp³-hybridized carbons (Fsp3) is 0.375. The first-order chi connectivity index (χ1) is 10.2. The number of carbonyl (C=O) groups is 1. The minimum absolute atomic E-state index is 0.0597. The van der Waals surface area contributed by atoms with Crippen LogP contribution in [0.4, 0.5) is 10.8 Å². The summed E-state index contributed by atoms with van der Waals surface area (Å²) < 4.78 is 0. The topological polar surface area (TPSA) is 45.2 Å². The Morgan fingerprint density at radius 2 is 2.29 bits per heavy atom. The molecular formula is C16H19N3OS. The van der Waals surface area contributed by atoms with Gasteiger partial charge in [-0.2, -0.15) is 0 Å². The van der Waals surface area contributed by atoms with E-state index in [1.807, 2.05) is 23.6 Å². The van der Waals surface area contributed by atoms with E-state index in [4.69, 9.17) is 0 Å². The number of hydrogen-bond acceptors (Lipinski definition) is 4. The van der Waals surface area contributed by atoms with E-state index in [2.05, 4.69) is 35.1 Å². The van der Waals surface area contributed by atoms with Gasteiger partial charge in [0.15, 0.2) is 5.13 Å². The maximum absolute atomic E-state index is 12.7. The Balaban J connectivity index is 2.05. The number of rotatable bonds is 3. The molecule has 0 saturated carbocycles. The van der Waals surface area contributed by atoms with E-state index >= 15 is 0 Å². The van der Waals surface area contributed by atoms with Gasteiger partial charge in [-0.3, -0.25) is 4.79 Å². The number of benzene rings is 1. The first-order valence-corrected chi connectivity index (χ1v) is 8.13. The fourth-order valence-electron chi connectivity index (χ4n) is 2.74. The van der Waals surface area contributed by atoms with Gasteiger partial charge in [0.25, 0.3) is 0 Å². The van der Waals surface area contributed by atoms with E-state index in [9.17, 15) is 4.79 Å². The number of anilines is 2. The molecule has 1 aliphatic heterocycles. The van der Waals surface area contributed by atoms with Crippen molar-refractivity contribution in [2.75, 3.05) is 10.2 Å². The first-order valence-electron chi connectivity index (χ1n) is 7.25. The first kappa shape index (κ1) is 14.1. The second-order valence-corrected chi connectivity index (χ2v) is 6.29. The van der Waals surface area contributed by atoms with Crippen LogP contribution in [0.5, 0.6) is 0 Å². The van der Waals surface area contributed by atoms with E-state index in [0.717, 1.165) is 22.8 Å². The van der Waals surface area contributed by atoms with Crippen LogP contribution in [-0.4, -0.2) is 16.9 Å². The molecule has 1 aromatic carbocycles. The lowest BCUT2D eigenvalue weighted by Gasteiger charge is -2.32. The van der Waals surface area contributed by atoms with Crippen molar-refractivity contribution in [2.24, 2.45) is 5.92 Å². The van der Waals surface area contributed by atoms with Gasteiger partial charge in [0.1, 0.15) is 6.04 Å². The van der Waals surface area contributed by atoms with Crippen LogP contribution in [0.3, 0.4) is 0 Å². The molecule has 110 valence electrons. The lowest BCUT2D eigenvalue weighted by Crippen LogP contribution is -2.46. The molecule has 2 heterocycles. The average Bonchev–Trinajstić information content (AvgIpc) is 2.97. The maximum atomic E-state index is 12.7. The molecule has 0 radical (unpaired) electrons. The van der Waals surface area contributed by atoms with E-state index in [-0.39, 0.29) is 17.9 Å². The van der Waals surface area contributed by atoms with Crippen molar-refractivity contribution in [1.82, 2.24) is 4.98 Å². The number of fused-ring (bicyclic) bond motifs is 1. The Hall–Kier alpha value is -1.88. The highest BCUT2D eigenvalue weighted by atomic mass is 32.1. The molecule has 3 rings (SSSR count). The van der Waals surface area contributed by atoms with Gasteiger partial charge in [0, 0.05) is 23.8 Å². The fourth-order valence-corrected chi connectivity index (χ4v) is 3.42. The number of thiazole rings is 1. The third-order valence-electron chi connectivity index (χ3n) is 4.07. The molecule has 2 aromatic rings. The number of nitrogens with zero attached hydrogens (tertiary/aromatic N) is 2. The van der Waals surface area contributed by atoms with Gasteiger partial charge >= 0.3 is 0 Å². The lowest BCUT2D eigenvalue weighted by molar-refractivity contribution is -0.118. The van der Waals surface area contributed by atoms with Crippen molar-refractivity contribution in [1.29, 1.82) is 0 Å². The van der Waals surface area contributed by atoms with Crippen molar-refractivity contribution in [3.8, 4) is 0 Å². The Morgan fingerprint density at radius 1 is 1.48 bits per heavy atom. The molecule has 5 heteroatoms. The Bertz CT molecular complexity index is 626. The highest BCUT2D eigenvalue weighted by Crippen LogP contribution is 2.32. The molecule has 2 atom stereocenters. The van der Waals surface area contributed by atoms with Crippen LogP contribution in [0.1, 0.15) is 25.8 Å². The minimum atomic E-state index is -0.187. The van der Waals surface area contributed by atoms with Crippen molar-refractivity contribution in [3.05, 3.63) is 41.4 Å². The zero-order valence-electron chi connectivity index (χ0n) is 12.2. The van der Waals surface area contributed by atoms with Crippen molar-refractivity contribution in [3.63, 3.8) is 0 Å². The maximum Gasteiger partial charge on any atom is 0.247 e. The average molecular weight is 301 g/mol. The van der Waals surface area contributed by atoms with Gasteiger partial charge in [0.05, 0.1) is 0 Å². The van der Waals surface area contributed by atoms with E-state index in [0.29, 0.717) is 6.54 Å². The molecule has 1 aliphatic rings. The number of aromatic nitrogens is 1. The Morgan fingerprint density at radius 3 is 3.00 bits per heavy atom. The van der Waals surface area contributed by atoms with E-state index in [1.54, 1.807) is 17.5 Å². The molecule has 0 unspecified atom stereocenters. The summed E-state index contributed by atoms with van der Waals surface area (Å²) in [5, 5.41) is 5.94. The van der Waals surface area contributed by atoms with Crippen LogP contribution < -0.4 is 10.2 Å². The smallest absolute Gasteiger partial charge is 0.247 e. The largest absolute Gasteiger partial charge is 0.331 e. The van der Waals surface area contributed by atoms with Crippen molar-refractivity contribution in [2.45, 2.75) is 32.9 Å². The van der Waals surface area contributed by atoms with Crippen LogP contribution in [0.25, 0.3) is 0 Å². The SMILES string of the molecule is CC[C@H](C)[C@H]1C(=O)Nc2ccccc2CN1c1nccs1. The Kier molecular flexibility index (Phi) is 3.92. The number of hydrogen-bond donors (Lipinski definition) is 1.